The zero-order chi connectivity index (χ0) is 16.8. The van der Waals surface area contributed by atoms with Gasteiger partial charge in [-0.25, -0.2) is 0 Å². The average Bonchev–Trinajstić information content (AvgIpc) is 2.56. The number of hydrogen-bond donors (Lipinski definition) is 0. The third kappa shape index (κ3) is 8.81. The monoisotopic (exact) mass is 329 g/mol. The molecule has 7 heteroatoms. The third-order valence-corrected chi connectivity index (χ3v) is 4.08. The van der Waals surface area contributed by atoms with E-state index in [1.807, 2.05) is 41.5 Å². The van der Waals surface area contributed by atoms with Crippen LogP contribution in [0.5, 0.6) is 0 Å². The molecule has 0 radical (unpaired) electrons. The van der Waals surface area contributed by atoms with Crippen LogP contribution in [0.2, 0.25) is 0 Å². The number of rotatable bonds is 12. The Morgan fingerprint density at radius 2 is 0.773 bits per heavy atom. The molecular weight excluding hydrogens is 298 g/mol. The first-order valence-corrected chi connectivity index (χ1v) is 9.70. The number of nitrogens with zero attached hydrogens (tertiary/aromatic N) is 3. The molecule has 0 aliphatic heterocycles. The maximum atomic E-state index is 5.43. The van der Waals surface area contributed by atoms with Crippen LogP contribution in [0.25, 0.3) is 0 Å². The first kappa shape index (κ1) is 20.6. The molecule has 0 saturated carbocycles. The summed E-state index contributed by atoms with van der Waals surface area (Å²) in [6, 6.07) is 0. The highest BCUT2D eigenvalue weighted by molar-refractivity contribution is 6.36. The summed E-state index contributed by atoms with van der Waals surface area (Å²) in [4.78, 5) is 0. The van der Waals surface area contributed by atoms with Crippen molar-refractivity contribution in [1.82, 2.24) is 0 Å². The van der Waals surface area contributed by atoms with Crippen molar-refractivity contribution in [3.63, 3.8) is 0 Å². The van der Waals surface area contributed by atoms with Gasteiger partial charge in [0, 0.05) is 0 Å². The predicted molar refractivity (Wildman–Crippen MR) is 94.5 cm³/mol. The van der Waals surface area contributed by atoms with Gasteiger partial charge < -0.3 is 13.6 Å². The SMILES string of the molecule is CCC(CC)=NO[SiH](ON=C(CC)CC)ON=C(CC)CC. The minimum Gasteiger partial charge on any atom is -0.375 e. The quantitative estimate of drug-likeness (QED) is 0.305. The molecule has 0 saturated heterocycles. The van der Waals surface area contributed by atoms with Crippen LogP contribution < -0.4 is 0 Å². The van der Waals surface area contributed by atoms with E-state index in [9.17, 15) is 0 Å². The topological polar surface area (TPSA) is 64.8 Å². The summed E-state index contributed by atoms with van der Waals surface area (Å²) in [7, 11) is -2.55. The summed E-state index contributed by atoms with van der Waals surface area (Å²) in [5.41, 5.74) is 2.90. The second-order valence-electron chi connectivity index (χ2n) is 4.70. The van der Waals surface area contributed by atoms with E-state index in [4.69, 9.17) is 13.6 Å². The van der Waals surface area contributed by atoms with E-state index in [0.29, 0.717) is 0 Å². The van der Waals surface area contributed by atoms with Crippen LogP contribution in [0.15, 0.2) is 15.5 Å². The second kappa shape index (κ2) is 13.3. The summed E-state index contributed by atoms with van der Waals surface area (Å²) in [5, 5.41) is 12.3. The summed E-state index contributed by atoms with van der Waals surface area (Å²) in [6.45, 7) is 12.2. The van der Waals surface area contributed by atoms with Gasteiger partial charge in [0.1, 0.15) is 0 Å². The van der Waals surface area contributed by atoms with Crippen LogP contribution in [-0.4, -0.2) is 26.7 Å². The highest BCUT2D eigenvalue weighted by atomic mass is 28.3. The molecular formula is C15H31N3O3Si. The van der Waals surface area contributed by atoms with Gasteiger partial charge in [0.15, 0.2) is 0 Å². The van der Waals surface area contributed by atoms with Crippen LogP contribution in [0.4, 0.5) is 0 Å². The molecule has 0 rings (SSSR count). The molecule has 0 N–H and O–H groups in total. The molecule has 0 atom stereocenters. The van der Waals surface area contributed by atoms with Crippen molar-refractivity contribution in [2.24, 2.45) is 15.5 Å². The van der Waals surface area contributed by atoms with Gasteiger partial charge in [-0.1, -0.05) is 41.5 Å². The Hall–Kier alpha value is -1.37. The number of hydrogen-bond acceptors (Lipinski definition) is 6. The van der Waals surface area contributed by atoms with Crippen molar-refractivity contribution < 1.29 is 13.6 Å². The van der Waals surface area contributed by atoms with Gasteiger partial charge in [-0.2, -0.15) is 0 Å². The van der Waals surface area contributed by atoms with E-state index in [1.54, 1.807) is 0 Å². The lowest BCUT2D eigenvalue weighted by Gasteiger charge is -2.11. The van der Waals surface area contributed by atoms with Gasteiger partial charge in [0.05, 0.1) is 17.1 Å². The summed E-state index contributed by atoms with van der Waals surface area (Å²) < 4.78 is 16.3. The highest BCUT2D eigenvalue weighted by Crippen LogP contribution is 2.03. The molecule has 0 bridgehead atoms. The van der Waals surface area contributed by atoms with Crippen LogP contribution >= 0.6 is 0 Å². The zero-order valence-corrected chi connectivity index (χ0v) is 16.0. The van der Waals surface area contributed by atoms with Crippen molar-refractivity contribution in [1.29, 1.82) is 0 Å². The molecule has 0 spiro atoms. The first-order valence-electron chi connectivity index (χ1n) is 8.29. The Morgan fingerprint density at radius 1 is 0.545 bits per heavy atom. The van der Waals surface area contributed by atoms with E-state index in [0.717, 1.165) is 55.7 Å². The molecule has 0 aromatic carbocycles. The van der Waals surface area contributed by atoms with Crippen molar-refractivity contribution in [3.8, 4) is 0 Å². The maximum absolute atomic E-state index is 5.43. The molecule has 0 aromatic rings. The van der Waals surface area contributed by atoms with Crippen molar-refractivity contribution in [2.45, 2.75) is 80.1 Å². The van der Waals surface area contributed by atoms with Crippen LogP contribution in [0.1, 0.15) is 80.1 Å². The summed E-state index contributed by atoms with van der Waals surface area (Å²) in [5.74, 6) is 0. The van der Waals surface area contributed by atoms with Crippen molar-refractivity contribution in [2.75, 3.05) is 0 Å². The van der Waals surface area contributed by atoms with E-state index in [2.05, 4.69) is 15.5 Å². The van der Waals surface area contributed by atoms with Gasteiger partial charge in [-0.3, -0.25) is 0 Å². The molecule has 0 heterocycles. The molecule has 22 heavy (non-hydrogen) atoms. The molecule has 6 nitrogen and oxygen atoms in total. The van der Waals surface area contributed by atoms with Gasteiger partial charge in [0.25, 0.3) is 0 Å². The maximum Gasteiger partial charge on any atom is 0.746 e. The van der Waals surface area contributed by atoms with Gasteiger partial charge in [-0.15, -0.1) is 15.5 Å². The largest absolute Gasteiger partial charge is 0.746 e. The smallest absolute Gasteiger partial charge is 0.375 e. The molecule has 128 valence electrons. The Bertz CT molecular complexity index is 309. The van der Waals surface area contributed by atoms with Gasteiger partial charge >= 0.3 is 9.53 Å². The van der Waals surface area contributed by atoms with Crippen LogP contribution in [-0.2, 0) is 13.6 Å². The standard InChI is InChI=1S/C15H31N3O3Si/c1-7-13(8-2)16-19-22(20-17-14(9-3)10-4)21-18-15(11-5)12-6/h22H,7-12H2,1-6H3. The highest BCUT2D eigenvalue weighted by Gasteiger charge is 2.22. The third-order valence-electron chi connectivity index (χ3n) is 3.25. The average molecular weight is 330 g/mol. The molecule has 0 aliphatic rings. The minimum atomic E-state index is -2.55. The Kier molecular flexibility index (Phi) is 12.5. The molecule has 0 aliphatic carbocycles. The molecule has 0 unspecified atom stereocenters. The summed E-state index contributed by atoms with van der Waals surface area (Å²) in [6.07, 6.45) is 5.05. The lowest BCUT2D eigenvalue weighted by molar-refractivity contribution is 0.101. The summed E-state index contributed by atoms with van der Waals surface area (Å²) >= 11 is 0. The minimum absolute atomic E-state index is 0.842. The second-order valence-corrected chi connectivity index (χ2v) is 5.91. The van der Waals surface area contributed by atoms with E-state index in [-0.39, 0.29) is 0 Å². The fraction of sp³-hybridized carbons (Fsp3) is 0.800. The lowest BCUT2D eigenvalue weighted by atomic mass is 10.2. The van der Waals surface area contributed by atoms with E-state index < -0.39 is 9.53 Å². The Balaban J connectivity index is 4.86. The Labute approximate surface area is 136 Å². The van der Waals surface area contributed by atoms with E-state index >= 15 is 0 Å². The molecule has 0 amide bonds. The first-order chi connectivity index (χ1) is 10.6. The number of oxime groups is 3. The van der Waals surface area contributed by atoms with E-state index in [1.165, 1.54) is 0 Å². The lowest BCUT2D eigenvalue weighted by Crippen LogP contribution is -2.23. The molecule has 0 fully saturated rings. The van der Waals surface area contributed by atoms with Crippen molar-refractivity contribution in [3.05, 3.63) is 0 Å². The fourth-order valence-corrected chi connectivity index (χ4v) is 2.37. The molecule has 0 aromatic heterocycles. The van der Waals surface area contributed by atoms with Gasteiger partial charge in [-0.05, 0) is 38.5 Å². The Morgan fingerprint density at radius 3 is 0.955 bits per heavy atom. The zero-order valence-electron chi connectivity index (χ0n) is 14.9. The van der Waals surface area contributed by atoms with Crippen molar-refractivity contribution >= 4 is 26.7 Å². The fourth-order valence-electron chi connectivity index (χ4n) is 1.55. The predicted octanol–water partition coefficient (Wildman–Crippen LogP) is 4.28. The van der Waals surface area contributed by atoms with Crippen LogP contribution in [0.3, 0.4) is 0 Å². The normalized spacial score (nSPS) is 9.95. The van der Waals surface area contributed by atoms with Gasteiger partial charge in [0.2, 0.25) is 0 Å². The van der Waals surface area contributed by atoms with Crippen LogP contribution in [0, 0.1) is 0 Å².